The Morgan fingerprint density at radius 2 is 1.59 bits per heavy atom. The van der Waals surface area contributed by atoms with Gasteiger partial charge in [0.1, 0.15) is 6.61 Å². The average molecular weight is 476 g/mol. The van der Waals surface area contributed by atoms with Crippen LogP contribution in [0.1, 0.15) is 36.3 Å². The molecule has 0 spiro atoms. The average Bonchev–Trinajstić information content (AvgIpc) is 3.38. The van der Waals surface area contributed by atoms with Gasteiger partial charge in [-0.05, 0) is 35.1 Å². The Morgan fingerprint density at radius 1 is 1.00 bits per heavy atom. The highest BCUT2D eigenvalue weighted by Crippen LogP contribution is 2.44. The van der Waals surface area contributed by atoms with Gasteiger partial charge in [0.05, 0.1) is 5.92 Å². The number of benzene rings is 2. The number of carboxylic acids is 1. The molecule has 2 aliphatic rings. The number of nitrogens with one attached hydrogen (secondary N) is 2. The molecule has 1 saturated carbocycles. The third-order valence-corrected chi connectivity index (χ3v) is 6.36. The fraction of sp³-hybridized carbons (Fsp3) is 0.375. The number of carboxylic acid groups (broad SMARTS) is 1. The first kappa shape index (κ1) is 23.6. The molecule has 2 aromatic rings. The lowest BCUT2D eigenvalue weighted by molar-refractivity contribution is -0.168. The SMILES string of the molecule is O=C(NC(C(=O)N[C@H]1CCC[C@H]1C(=O)O)C(F)(F)F)OCC1c2ccccc2-c2ccccc21. The molecular formula is C24H23F3N2O5. The quantitative estimate of drug-likeness (QED) is 0.588. The van der Waals surface area contributed by atoms with Gasteiger partial charge in [-0.2, -0.15) is 13.2 Å². The number of carbonyl (C=O) groups is 3. The number of alkyl halides is 3. The fourth-order valence-electron chi connectivity index (χ4n) is 4.75. The van der Waals surface area contributed by atoms with Gasteiger partial charge in [-0.1, -0.05) is 55.0 Å². The minimum atomic E-state index is -5.09. The van der Waals surface area contributed by atoms with Gasteiger partial charge in [-0.25, -0.2) is 4.79 Å². The molecule has 180 valence electrons. The van der Waals surface area contributed by atoms with Crippen molar-refractivity contribution in [1.29, 1.82) is 0 Å². The summed E-state index contributed by atoms with van der Waals surface area (Å²) in [6.45, 7) is -0.213. The van der Waals surface area contributed by atoms with E-state index in [0.717, 1.165) is 22.3 Å². The van der Waals surface area contributed by atoms with Crippen molar-refractivity contribution in [2.45, 2.75) is 43.4 Å². The number of rotatable bonds is 6. The summed E-state index contributed by atoms with van der Waals surface area (Å²) in [6, 6.07) is 11.2. The maximum atomic E-state index is 13.5. The molecule has 1 fully saturated rings. The zero-order valence-corrected chi connectivity index (χ0v) is 18.0. The summed E-state index contributed by atoms with van der Waals surface area (Å²) in [7, 11) is 0. The van der Waals surface area contributed by atoms with Crippen LogP contribution in [-0.2, 0) is 14.3 Å². The molecule has 2 amide bonds. The maximum absolute atomic E-state index is 13.5. The number of fused-ring (bicyclic) bond motifs is 3. The highest BCUT2D eigenvalue weighted by atomic mass is 19.4. The van der Waals surface area contributed by atoms with Gasteiger partial charge in [0.25, 0.3) is 5.91 Å². The molecule has 0 heterocycles. The largest absolute Gasteiger partial charge is 0.481 e. The van der Waals surface area contributed by atoms with Gasteiger partial charge in [-0.15, -0.1) is 0 Å². The van der Waals surface area contributed by atoms with Crippen molar-refractivity contribution < 1.29 is 37.4 Å². The minimum absolute atomic E-state index is 0.213. The lowest BCUT2D eigenvalue weighted by Gasteiger charge is -2.24. The van der Waals surface area contributed by atoms with Gasteiger partial charge in [0, 0.05) is 12.0 Å². The van der Waals surface area contributed by atoms with E-state index in [-0.39, 0.29) is 25.4 Å². The smallest absolute Gasteiger partial charge is 0.417 e. The van der Waals surface area contributed by atoms with Crippen molar-refractivity contribution in [3.63, 3.8) is 0 Å². The number of halogens is 3. The molecule has 2 aromatic carbocycles. The normalized spacial score (nSPS) is 20.2. The molecule has 0 bridgehead atoms. The van der Waals surface area contributed by atoms with Gasteiger partial charge >= 0.3 is 18.2 Å². The van der Waals surface area contributed by atoms with E-state index in [1.54, 1.807) is 5.32 Å². The highest BCUT2D eigenvalue weighted by Gasteiger charge is 2.48. The number of aliphatic carboxylic acids is 1. The van der Waals surface area contributed by atoms with Gasteiger partial charge < -0.3 is 20.5 Å². The van der Waals surface area contributed by atoms with E-state index in [2.05, 4.69) is 5.32 Å². The second kappa shape index (κ2) is 9.36. The van der Waals surface area contributed by atoms with Gasteiger partial charge in [-0.3, -0.25) is 9.59 Å². The van der Waals surface area contributed by atoms with Crippen LogP contribution in [-0.4, -0.2) is 47.9 Å². The summed E-state index contributed by atoms with van der Waals surface area (Å²) in [5, 5.41) is 12.9. The Kier molecular flexibility index (Phi) is 6.49. The predicted molar refractivity (Wildman–Crippen MR) is 115 cm³/mol. The van der Waals surface area contributed by atoms with E-state index in [4.69, 9.17) is 4.74 Å². The Balaban J connectivity index is 1.42. The molecule has 7 nitrogen and oxygen atoms in total. The predicted octanol–water partition coefficient (Wildman–Crippen LogP) is 3.83. The molecule has 4 rings (SSSR count). The van der Waals surface area contributed by atoms with E-state index in [1.807, 2.05) is 48.5 Å². The third kappa shape index (κ3) is 4.71. The molecule has 1 unspecified atom stereocenters. The molecule has 0 aliphatic heterocycles. The van der Waals surface area contributed by atoms with Crippen LogP contribution < -0.4 is 10.6 Å². The fourth-order valence-corrected chi connectivity index (χ4v) is 4.75. The zero-order chi connectivity index (χ0) is 24.5. The number of hydrogen-bond donors (Lipinski definition) is 3. The van der Waals surface area contributed by atoms with Crippen molar-refractivity contribution >= 4 is 18.0 Å². The van der Waals surface area contributed by atoms with Crippen molar-refractivity contribution in [3.8, 4) is 11.1 Å². The van der Waals surface area contributed by atoms with Crippen molar-refractivity contribution in [1.82, 2.24) is 10.6 Å². The molecule has 3 N–H and O–H groups in total. The summed E-state index contributed by atoms with van der Waals surface area (Å²) in [5.74, 6) is -4.02. The summed E-state index contributed by atoms with van der Waals surface area (Å²) in [6.07, 6.45) is -5.50. The van der Waals surface area contributed by atoms with Crippen LogP contribution in [0.4, 0.5) is 18.0 Å². The standard InChI is InChI=1S/C24H23F3N2O5/c25-24(26,27)20(21(30)28-19-11-5-10-17(19)22(31)32)29-23(33)34-12-18-15-8-3-1-6-13(15)14-7-2-4-9-16(14)18/h1-4,6-9,17-20H,5,10-12H2,(H,28,30)(H,29,33)(H,31,32)/t17-,19+,20?/m1/s1. The Hall–Kier alpha value is -3.56. The first-order valence-corrected chi connectivity index (χ1v) is 10.9. The second-order valence-corrected chi connectivity index (χ2v) is 8.44. The van der Waals surface area contributed by atoms with E-state index < -0.39 is 42.1 Å². The van der Waals surface area contributed by atoms with Crippen LogP contribution in [0.2, 0.25) is 0 Å². The number of carbonyl (C=O) groups excluding carboxylic acids is 2. The second-order valence-electron chi connectivity index (χ2n) is 8.44. The van der Waals surface area contributed by atoms with Crippen LogP contribution in [0.3, 0.4) is 0 Å². The van der Waals surface area contributed by atoms with E-state index in [0.29, 0.717) is 6.42 Å². The van der Waals surface area contributed by atoms with E-state index >= 15 is 0 Å². The molecular weight excluding hydrogens is 453 g/mol. The van der Waals surface area contributed by atoms with Crippen molar-refractivity contribution in [2.24, 2.45) is 5.92 Å². The Labute approximate surface area is 193 Å². The highest BCUT2D eigenvalue weighted by molar-refractivity contribution is 5.87. The summed E-state index contributed by atoms with van der Waals surface area (Å²) in [4.78, 5) is 35.9. The summed E-state index contributed by atoms with van der Waals surface area (Å²) in [5.41, 5.74) is 3.71. The topological polar surface area (TPSA) is 105 Å². The lowest BCUT2D eigenvalue weighted by Crippen LogP contribution is -2.57. The molecule has 10 heteroatoms. The monoisotopic (exact) mass is 476 g/mol. The first-order valence-electron chi connectivity index (χ1n) is 10.9. The summed E-state index contributed by atoms with van der Waals surface area (Å²) < 4.78 is 45.8. The third-order valence-electron chi connectivity index (χ3n) is 6.36. The zero-order valence-electron chi connectivity index (χ0n) is 18.0. The van der Waals surface area contributed by atoms with Crippen LogP contribution in [0.15, 0.2) is 48.5 Å². The lowest BCUT2D eigenvalue weighted by atomic mass is 9.98. The number of amides is 2. The van der Waals surface area contributed by atoms with Crippen molar-refractivity contribution in [2.75, 3.05) is 6.61 Å². The van der Waals surface area contributed by atoms with Crippen LogP contribution in [0.25, 0.3) is 11.1 Å². The van der Waals surface area contributed by atoms with Crippen molar-refractivity contribution in [3.05, 3.63) is 59.7 Å². The molecule has 34 heavy (non-hydrogen) atoms. The Morgan fingerprint density at radius 3 is 2.15 bits per heavy atom. The number of alkyl carbamates (subject to hydrolysis) is 1. The van der Waals surface area contributed by atoms with Gasteiger partial charge in [0.15, 0.2) is 0 Å². The molecule has 0 radical (unpaired) electrons. The number of hydrogen-bond acceptors (Lipinski definition) is 4. The maximum Gasteiger partial charge on any atom is 0.417 e. The minimum Gasteiger partial charge on any atom is -0.481 e. The molecule has 3 atom stereocenters. The van der Waals surface area contributed by atoms with Gasteiger partial charge in [0.2, 0.25) is 6.04 Å². The van der Waals surface area contributed by atoms with E-state index in [9.17, 15) is 32.7 Å². The molecule has 0 aromatic heterocycles. The van der Waals surface area contributed by atoms with Crippen LogP contribution in [0, 0.1) is 5.92 Å². The summed E-state index contributed by atoms with van der Waals surface area (Å²) >= 11 is 0. The first-order chi connectivity index (χ1) is 16.2. The van der Waals surface area contributed by atoms with E-state index in [1.165, 1.54) is 0 Å². The van der Waals surface area contributed by atoms with Crippen LogP contribution >= 0.6 is 0 Å². The number of ether oxygens (including phenoxy) is 1. The molecule has 2 aliphatic carbocycles. The Bertz CT molecular complexity index is 1060. The molecule has 0 saturated heterocycles. The van der Waals surface area contributed by atoms with Crippen LogP contribution in [0.5, 0.6) is 0 Å².